The van der Waals surface area contributed by atoms with Crippen LogP contribution in [-0.4, -0.2) is 60.5 Å². The van der Waals surface area contributed by atoms with E-state index >= 15 is 0 Å². The fourth-order valence-electron chi connectivity index (χ4n) is 5.46. The second-order valence-electron chi connectivity index (χ2n) is 9.03. The molecule has 2 heterocycles. The number of hydrogen-bond donors (Lipinski definition) is 0. The van der Waals surface area contributed by atoms with E-state index in [1.54, 1.807) is 0 Å². The van der Waals surface area contributed by atoms with Crippen molar-refractivity contribution in [3.05, 3.63) is 12.4 Å². The van der Waals surface area contributed by atoms with Gasteiger partial charge in [-0.15, -0.1) is 0 Å². The summed E-state index contributed by atoms with van der Waals surface area (Å²) in [6.07, 6.45) is 6.24. The standard InChI is InChI=1S/C20H29N3O5S/c1-19(2)14-6-7-20(19,16(24)11-14)13-29(25,26)23-10-4-5-15(12-23)28-18-17(27-3)21-8-9-22-18/h8-9,14-15H,4-7,10-13H2,1-3H3. The van der Waals surface area contributed by atoms with E-state index < -0.39 is 15.4 Å². The van der Waals surface area contributed by atoms with Gasteiger partial charge in [-0.05, 0) is 37.0 Å². The highest BCUT2D eigenvalue weighted by atomic mass is 32.2. The number of piperidine rings is 1. The summed E-state index contributed by atoms with van der Waals surface area (Å²) in [7, 11) is -2.10. The zero-order valence-electron chi connectivity index (χ0n) is 17.3. The molecule has 0 aromatic carbocycles. The number of methoxy groups -OCH3 is 1. The molecule has 8 nitrogen and oxygen atoms in total. The minimum absolute atomic E-state index is 0.0937. The maximum absolute atomic E-state index is 13.3. The van der Waals surface area contributed by atoms with E-state index in [9.17, 15) is 13.2 Å². The van der Waals surface area contributed by atoms with E-state index in [0.29, 0.717) is 31.7 Å². The topological polar surface area (TPSA) is 98.7 Å². The Balaban J connectivity index is 1.50. The van der Waals surface area contributed by atoms with Crippen LogP contribution in [0.4, 0.5) is 0 Å². The molecule has 3 unspecified atom stereocenters. The van der Waals surface area contributed by atoms with Crippen molar-refractivity contribution in [2.45, 2.75) is 52.1 Å². The van der Waals surface area contributed by atoms with Gasteiger partial charge in [-0.25, -0.2) is 18.4 Å². The number of carbonyl (C=O) groups excluding carboxylic acids is 1. The second-order valence-corrected chi connectivity index (χ2v) is 11.0. The monoisotopic (exact) mass is 423 g/mol. The van der Waals surface area contributed by atoms with Crippen molar-refractivity contribution in [1.29, 1.82) is 0 Å². The van der Waals surface area contributed by atoms with Gasteiger partial charge in [-0.2, -0.15) is 4.31 Å². The molecule has 0 N–H and O–H groups in total. The van der Waals surface area contributed by atoms with Crippen LogP contribution in [0.2, 0.25) is 0 Å². The fourth-order valence-corrected chi connectivity index (χ4v) is 7.74. The van der Waals surface area contributed by atoms with E-state index in [0.717, 1.165) is 12.8 Å². The highest BCUT2D eigenvalue weighted by molar-refractivity contribution is 7.89. The van der Waals surface area contributed by atoms with Crippen molar-refractivity contribution in [3.8, 4) is 11.8 Å². The molecule has 160 valence electrons. The number of Topliss-reactive ketones (excluding diaryl/α,β-unsaturated/α-hetero) is 1. The van der Waals surface area contributed by atoms with Crippen LogP contribution in [0.5, 0.6) is 11.8 Å². The molecule has 29 heavy (non-hydrogen) atoms. The number of aromatic nitrogens is 2. The first-order valence-electron chi connectivity index (χ1n) is 10.2. The summed E-state index contributed by atoms with van der Waals surface area (Å²) in [5.74, 6) is 0.872. The summed E-state index contributed by atoms with van der Waals surface area (Å²) >= 11 is 0. The fraction of sp³-hybridized carbons (Fsp3) is 0.750. The molecule has 2 bridgehead atoms. The van der Waals surface area contributed by atoms with Crippen molar-refractivity contribution < 1.29 is 22.7 Å². The summed E-state index contributed by atoms with van der Waals surface area (Å²) < 4.78 is 39.3. The predicted molar refractivity (Wildman–Crippen MR) is 106 cm³/mol. The van der Waals surface area contributed by atoms with Gasteiger partial charge < -0.3 is 9.47 Å². The Morgan fingerprint density at radius 1 is 1.21 bits per heavy atom. The zero-order chi connectivity index (χ0) is 20.9. The molecule has 1 aromatic rings. The third-order valence-corrected chi connectivity index (χ3v) is 9.38. The molecule has 3 aliphatic rings. The number of rotatable bonds is 6. The molecular formula is C20H29N3O5S. The van der Waals surface area contributed by atoms with Crippen molar-refractivity contribution in [3.63, 3.8) is 0 Å². The van der Waals surface area contributed by atoms with Gasteiger partial charge in [0, 0.05) is 30.8 Å². The van der Waals surface area contributed by atoms with Crippen molar-refractivity contribution in [2.75, 3.05) is 26.0 Å². The number of ketones is 1. The van der Waals surface area contributed by atoms with Crippen LogP contribution in [-0.2, 0) is 14.8 Å². The summed E-state index contributed by atoms with van der Waals surface area (Å²) in [5, 5.41) is 0. The third-order valence-electron chi connectivity index (χ3n) is 7.41. The van der Waals surface area contributed by atoms with Crippen LogP contribution in [0.25, 0.3) is 0 Å². The Bertz CT molecular complexity index is 903. The van der Waals surface area contributed by atoms with Crippen LogP contribution in [0, 0.1) is 16.7 Å². The predicted octanol–water partition coefficient (Wildman–Crippen LogP) is 2.05. The lowest BCUT2D eigenvalue weighted by atomic mass is 9.70. The first-order chi connectivity index (χ1) is 13.7. The third kappa shape index (κ3) is 3.32. The van der Waals surface area contributed by atoms with Crippen LogP contribution in [0.1, 0.15) is 46.0 Å². The Morgan fingerprint density at radius 3 is 2.55 bits per heavy atom. The molecule has 1 saturated heterocycles. The van der Waals surface area contributed by atoms with Gasteiger partial charge in [0.05, 0.1) is 19.4 Å². The first-order valence-corrected chi connectivity index (χ1v) is 11.8. The largest absolute Gasteiger partial charge is 0.477 e. The SMILES string of the molecule is COc1nccnc1OC1CCCN(S(=O)(=O)CC23CCC(CC2=O)C3(C)C)C1. The molecule has 0 amide bonds. The molecule has 1 aliphatic heterocycles. The number of carbonyl (C=O) groups is 1. The minimum atomic E-state index is -3.59. The van der Waals surface area contributed by atoms with Crippen molar-refractivity contribution in [2.24, 2.45) is 16.7 Å². The summed E-state index contributed by atoms with van der Waals surface area (Å²) in [5.41, 5.74) is -1.02. The Kier molecular flexibility index (Phi) is 5.09. The highest BCUT2D eigenvalue weighted by Crippen LogP contribution is 2.64. The van der Waals surface area contributed by atoms with E-state index in [1.807, 2.05) is 0 Å². The number of nitrogens with zero attached hydrogens (tertiary/aromatic N) is 3. The molecule has 3 atom stereocenters. The molecule has 3 fully saturated rings. The Morgan fingerprint density at radius 2 is 1.93 bits per heavy atom. The smallest absolute Gasteiger partial charge is 0.278 e. The molecule has 4 rings (SSSR count). The average molecular weight is 424 g/mol. The Labute approximate surface area is 172 Å². The maximum atomic E-state index is 13.3. The lowest BCUT2D eigenvalue weighted by Crippen LogP contribution is -2.50. The maximum Gasteiger partial charge on any atom is 0.278 e. The lowest BCUT2D eigenvalue weighted by molar-refractivity contribution is -0.128. The molecular weight excluding hydrogens is 394 g/mol. The van der Waals surface area contributed by atoms with Crippen LogP contribution in [0.3, 0.4) is 0 Å². The van der Waals surface area contributed by atoms with E-state index in [-0.39, 0.29) is 41.4 Å². The van der Waals surface area contributed by atoms with Crippen LogP contribution >= 0.6 is 0 Å². The van der Waals surface area contributed by atoms with Crippen LogP contribution in [0.15, 0.2) is 12.4 Å². The lowest BCUT2D eigenvalue weighted by Gasteiger charge is -2.39. The Hall–Kier alpha value is -1.74. The van der Waals surface area contributed by atoms with Gasteiger partial charge >= 0.3 is 0 Å². The van der Waals surface area contributed by atoms with Gasteiger partial charge in [0.1, 0.15) is 11.9 Å². The van der Waals surface area contributed by atoms with E-state index in [2.05, 4.69) is 23.8 Å². The summed E-state index contributed by atoms with van der Waals surface area (Å²) in [6, 6.07) is 0. The van der Waals surface area contributed by atoms with Gasteiger partial charge in [0.2, 0.25) is 10.0 Å². The van der Waals surface area contributed by atoms with E-state index in [1.165, 1.54) is 23.8 Å². The summed E-state index contributed by atoms with van der Waals surface area (Å²) in [6.45, 7) is 4.82. The van der Waals surface area contributed by atoms with Crippen molar-refractivity contribution >= 4 is 15.8 Å². The molecule has 0 radical (unpaired) electrons. The van der Waals surface area contributed by atoms with Gasteiger partial charge in [-0.1, -0.05) is 13.8 Å². The second kappa shape index (κ2) is 7.19. The number of fused-ring (bicyclic) bond motifs is 2. The molecule has 9 heteroatoms. The number of ether oxygens (including phenoxy) is 2. The quantitative estimate of drug-likeness (QED) is 0.690. The normalized spacial score (nSPS) is 31.8. The first kappa shape index (κ1) is 20.5. The highest BCUT2D eigenvalue weighted by Gasteiger charge is 2.65. The van der Waals surface area contributed by atoms with Gasteiger partial charge in [-0.3, -0.25) is 4.79 Å². The number of sulfonamides is 1. The average Bonchev–Trinajstić information content (AvgIpc) is 3.03. The minimum Gasteiger partial charge on any atom is -0.477 e. The zero-order valence-corrected chi connectivity index (χ0v) is 18.1. The van der Waals surface area contributed by atoms with Gasteiger partial charge in [0.15, 0.2) is 0 Å². The summed E-state index contributed by atoms with van der Waals surface area (Å²) in [4.78, 5) is 21.0. The van der Waals surface area contributed by atoms with Crippen molar-refractivity contribution in [1.82, 2.24) is 14.3 Å². The molecule has 1 aromatic heterocycles. The molecule has 2 saturated carbocycles. The van der Waals surface area contributed by atoms with Gasteiger partial charge in [0.25, 0.3) is 11.8 Å². The number of hydrogen-bond acceptors (Lipinski definition) is 7. The molecule has 2 aliphatic carbocycles. The van der Waals surface area contributed by atoms with Crippen LogP contribution < -0.4 is 9.47 Å². The van der Waals surface area contributed by atoms with E-state index in [4.69, 9.17) is 9.47 Å². The molecule has 0 spiro atoms.